The van der Waals surface area contributed by atoms with Gasteiger partial charge < -0.3 is 10.1 Å². The fraction of sp³-hybridized carbons (Fsp3) is 0.500. The molecule has 0 atom stereocenters. The molecule has 2 aliphatic rings. The van der Waals surface area contributed by atoms with E-state index in [0.717, 1.165) is 31.2 Å². The lowest BCUT2D eigenvalue weighted by Gasteiger charge is -2.22. The summed E-state index contributed by atoms with van der Waals surface area (Å²) in [5.74, 6) is 2.70. The third-order valence-corrected chi connectivity index (χ3v) is 4.45. The first-order valence-corrected chi connectivity index (χ1v) is 7.72. The molecule has 1 N–H and O–H groups in total. The molecule has 0 spiro atoms. The summed E-state index contributed by atoms with van der Waals surface area (Å²) in [6, 6.07) is 8.40. The molecule has 2 aromatic rings. The zero-order valence-electron chi connectivity index (χ0n) is 12.1. The van der Waals surface area contributed by atoms with Gasteiger partial charge in [-0.3, -0.25) is 4.57 Å². The van der Waals surface area contributed by atoms with Crippen molar-refractivity contribution in [3.8, 4) is 5.69 Å². The van der Waals surface area contributed by atoms with Gasteiger partial charge in [-0.2, -0.15) is 0 Å². The van der Waals surface area contributed by atoms with Crippen molar-refractivity contribution < 1.29 is 4.74 Å². The second-order valence-corrected chi connectivity index (χ2v) is 5.89. The summed E-state index contributed by atoms with van der Waals surface area (Å²) >= 11 is 0. The second-order valence-electron chi connectivity index (χ2n) is 5.89. The first-order valence-electron chi connectivity index (χ1n) is 7.72. The molecule has 0 amide bonds. The number of hydrogen-bond acceptors (Lipinski definition) is 4. The highest BCUT2D eigenvalue weighted by Gasteiger charge is 2.22. The number of nitrogens with one attached hydrogen (secondary N) is 1. The highest BCUT2D eigenvalue weighted by molar-refractivity contribution is 5.43. The summed E-state index contributed by atoms with van der Waals surface area (Å²) in [7, 11) is 0. The normalized spacial score (nSPS) is 18.9. The number of rotatable bonds is 2. The number of benzene rings is 1. The molecule has 0 unspecified atom stereocenters. The van der Waals surface area contributed by atoms with Gasteiger partial charge in [0.15, 0.2) is 5.82 Å². The van der Waals surface area contributed by atoms with Gasteiger partial charge in [-0.05, 0) is 37.9 Å². The average molecular weight is 284 g/mol. The Bertz CT molecular complexity index is 631. The summed E-state index contributed by atoms with van der Waals surface area (Å²) in [4.78, 5) is 0. The van der Waals surface area contributed by atoms with Gasteiger partial charge in [0.25, 0.3) is 0 Å². The Morgan fingerprint density at radius 3 is 2.90 bits per heavy atom. The number of fused-ring (bicyclic) bond motifs is 3. The van der Waals surface area contributed by atoms with Crippen molar-refractivity contribution in [1.29, 1.82) is 0 Å². The standard InChI is InChI=1S/C16H20N4O/c1-2-4-14-13(3-1)10-21-11-16-19-18-15(20(14)16)9-12-5-7-17-8-6-12/h1-4,12,17H,5-11H2. The fourth-order valence-corrected chi connectivity index (χ4v) is 3.30. The van der Waals surface area contributed by atoms with Gasteiger partial charge in [-0.1, -0.05) is 18.2 Å². The minimum atomic E-state index is 0.536. The van der Waals surface area contributed by atoms with Crippen molar-refractivity contribution in [3.63, 3.8) is 0 Å². The Morgan fingerprint density at radius 1 is 1.14 bits per heavy atom. The minimum Gasteiger partial charge on any atom is -0.369 e. The molecule has 1 aromatic carbocycles. The Balaban J connectivity index is 1.71. The van der Waals surface area contributed by atoms with Crippen LogP contribution in [0.1, 0.15) is 30.1 Å². The fourth-order valence-electron chi connectivity index (χ4n) is 3.30. The molecule has 1 aromatic heterocycles. The minimum absolute atomic E-state index is 0.536. The quantitative estimate of drug-likeness (QED) is 0.914. The van der Waals surface area contributed by atoms with Gasteiger partial charge in [-0.15, -0.1) is 10.2 Å². The van der Waals surface area contributed by atoms with Gasteiger partial charge >= 0.3 is 0 Å². The van der Waals surface area contributed by atoms with Crippen LogP contribution < -0.4 is 5.32 Å². The maximum atomic E-state index is 5.72. The number of aromatic nitrogens is 3. The number of para-hydroxylation sites is 1. The first kappa shape index (κ1) is 13.0. The van der Waals surface area contributed by atoms with E-state index in [4.69, 9.17) is 4.74 Å². The zero-order valence-corrected chi connectivity index (χ0v) is 12.1. The molecule has 0 bridgehead atoms. The lowest BCUT2D eigenvalue weighted by Crippen LogP contribution is -2.29. The van der Waals surface area contributed by atoms with Crippen LogP contribution in [0.2, 0.25) is 0 Å². The zero-order chi connectivity index (χ0) is 14.1. The van der Waals surface area contributed by atoms with E-state index in [1.807, 2.05) is 0 Å². The summed E-state index contributed by atoms with van der Waals surface area (Å²) in [5, 5.41) is 12.2. The maximum absolute atomic E-state index is 5.72. The van der Waals surface area contributed by atoms with E-state index in [2.05, 4.69) is 44.3 Å². The highest BCUT2D eigenvalue weighted by Crippen LogP contribution is 2.25. The van der Waals surface area contributed by atoms with Crippen LogP contribution in [0.5, 0.6) is 0 Å². The second kappa shape index (κ2) is 5.58. The van der Waals surface area contributed by atoms with E-state index in [0.29, 0.717) is 19.1 Å². The van der Waals surface area contributed by atoms with Crippen LogP contribution in [-0.4, -0.2) is 27.9 Å². The van der Waals surface area contributed by atoms with Gasteiger partial charge in [-0.25, -0.2) is 0 Å². The molecule has 4 rings (SSSR count). The molecule has 2 aliphatic heterocycles. The molecule has 21 heavy (non-hydrogen) atoms. The smallest absolute Gasteiger partial charge is 0.163 e. The van der Waals surface area contributed by atoms with E-state index < -0.39 is 0 Å². The third-order valence-electron chi connectivity index (χ3n) is 4.45. The van der Waals surface area contributed by atoms with Crippen molar-refractivity contribution in [2.75, 3.05) is 13.1 Å². The number of ether oxygens (including phenoxy) is 1. The van der Waals surface area contributed by atoms with E-state index in [9.17, 15) is 0 Å². The van der Waals surface area contributed by atoms with E-state index in [1.165, 1.54) is 24.1 Å². The van der Waals surface area contributed by atoms with E-state index in [1.54, 1.807) is 0 Å². The monoisotopic (exact) mass is 284 g/mol. The van der Waals surface area contributed by atoms with Gasteiger partial charge in [0.05, 0.1) is 12.3 Å². The van der Waals surface area contributed by atoms with Crippen molar-refractivity contribution in [3.05, 3.63) is 41.5 Å². The van der Waals surface area contributed by atoms with Crippen molar-refractivity contribution in [1.82, 2.24) is 20.1 Å². The van der Waals surface area contributed by atoms with Crippen molar-refractivity contribution in [2.24, 2.45) is 5.92 Å². The van der Waals surface area contributed by atoms with Crippen LogP contribution in [-0.2, 0) is 24.4 Å². The predicted molar refractivity (Wildman–Crippen MR) is 79.1 cm³/mol. The van der Waals surface area contributed by atoms with Gasteiger partial charge in [0, 0.05) is 12.0 Å². The number of piperidine rings is 1. The molecule has 0 radical (unpaired) electrons. The number of nitrogens with zero attached hydrogens (tertiary/aromatic N) is 3. The van der Waals surface area contributed by atoms with Crippen LogP contribution in [0, 0.1) is 5.92 Å². The van der Waals surface area contributed by atoms with Crippen LogP contribution in [0.15, 0.2) is 24.3 Å². The van der Waals surface area contributed by atoms with Crippen LogP contribution in [0.3, 0.4) is 0 Å². The van der Waals surface area contributed by atoms with Gasteiger partial charge in [0.2, 0.25) is 0 Å². The lowest BCUT2D eigenvalue weighted by molar-refractivity contribution is 0.105. The van der Waals surface area contributed by atoms with Gasteiger partial charge in [0.1, 0.15) is 12.4 Å². The Morgan fingerprint density at radius 2 is 2.00 bits per heavy atom. The molecule has 5 heteroatoms. The van der Waals surface area contributed by atoms with E-state index >= 15 is 0 Å². The van der Waals surface area contributed by atoms with Crippen molar-refractivity contribution >= 4 is 0 Å². The first-order chi connectivity index (χ1) is 10.4. The molecule has 1 saturated heterocycles. The molecule has 3 heterocycles. The molecule has 0 saturated carbocycles. The summed E-state index contributed by atoms with van der Waals surface area (Å²) in [5.41, 5.74) is 2.39. The third kappa shape index (κ3) is 2.47. The number of hydrogen-bond donors (Lipinski definition) is 1. The van der Waals surface area contributed by atoms with Crippen LogP contribution in [0.4, 0.5) is 0 Å². The summed E-state index contributed by atoms with van der Waals surface area (Å²) < 4.78 is 7.93. The topological polar surface area (TPSA) is 52.0 Å². The predicted octanol–water partition coefficient (Wildman–Crippen LogP) is 1.84. The largest absolute Gasteiger partial charge is 0.369 e. The average Bonchev–Trinajstić information content (AvgIpc) is 2.82. The molecule has 1 fully saturated rings. The molecule has 110 valence electrons. The lowest BCUT2D eigenvalue weighted by atomic mass is 9.94. The molecule has 5 nitrogen and oxygen atoms in total. The van der Waals surface area contributed by atoms with Crippen LogP contribution in [0.25, 0.3) is 5.69 Å². The van der Waals surface area contributed by atoms with E-state index in [-0.39, 0.29) is 0 Å². The SMILES string of the molecule is c1ccc2c(c1)COCc1nnc(CC3CCNCC3)n1-2. The van der Waals surface area contributed by atoms with Crippen LogP contribution >= 0.6 is 0 Å². The highest BCUT2D eigenvalue weighted by atomic mass is 16.5. The Labute approximate surface area is 124 Å². The summed E-state index contributed by atoms with van der Waals surface area (Å²) in [6.07, 6.45) is 3.45. The molecular weight excluding hydrogens is 264 g/mol. The molecular formula is C16H20N4O. The molecule has 0 aliphatic carbocycles. The Hall–Kier alpha value is -1.72. The maximum Gasteiger partial charge on any atom is 0.163 e. The summed E-state index contributed by atoms with van der Waals surface area (Å²) in [6.45, 7) is 3.41. The Kier molecular flexibility index (Phi) is 3.45. The van der Waals surface area contributed by atoms with Crippen molar-refractivity contribution in [2.45, 2.75) is 32.5 Å².